The lowest BCUT2D eigenvalue weighted by molar-refractivity contribution is -0.311. The van der Waals surface area contributed by atoms with Crippen LogP contribution in [0.2, 0.25) is 0 Å². The van der Waals surface area contributed by atoms with E-state index in [-0.39, 0.29) is 5.92 Å². The Balaban J connectivity index is 3.26. The van der Waals surface area contributed by atoms with Crippen LogP contribution in [-0.2, 0) is 4.79 Å². The van der Waals surface area contributed by atoms with Gasteiger partial charge in [-0.3, -0.25) is 0 Å². The first-order valence-corrected chi connectivity index (χ1v) is 3.72. The topological polar surface area (TPSA) is 44.5 Å². The lowest BCUT2D eigenvalue weighted by atomic mass is 10.0. The van der Waals surface area contributed by atoms with E-state index in [4.69, 9.17) is 6.57 Å². The number of rotatable bonds is 5. The van der Waals surface area contributed by atoms with Gasteiger partial charge in [0.05, 0.1) is 0 Å². The van der Waals surface area contributed by atoms with E-state index in [9.17, 15) is 9.90 Å². The number of hydrogen-bond acceptors (Lipinski definition) is 2. The van der Waals surface area contributed by atoms with Crippen LogP contribution in [0.4, 0.5) is 0 Å². The van der Waals surface area contributed by atoms with Crippen molar-refractivity contribution in [3.05, 3.63) is 11.4 Å². The number of carboxylic acids is 1. The van der Waals surface area contributed by atoms with Gasteiger partial charge < -0.3 is 14.7 Å². The van der Waals surface area contributed by atoms with Gasteiger partial charge in [-0.05, 0) is 18.8 Å². The quantitative estimate of drug-likeness (QED) is 0.426. The summed E-state index contributed by atoms with van der Waals surface area (Å²) in [6.07, 6.45) is 2.22. The maximum Gasteiger partial charge on any atom is 0.214 e. The highest BCUT2D eigenvalue weighted by Crippen LogP contribution is 2.06. The molecule has 0 spiro atoms. The van der Waals surface area contributed by atoms with Crippen LogP contribution < -0.4 is 5.11 Å². The van der Waals surface area contributed by atoms with E-state index in [0.29, 0.717) is 13.0 Å². The highest BCUT2D eigenvalue weighted by atomic mass is 16.4. The van der Waals surface area contributed by atoms with Crippen LogP contribution >= 0.6 is 0 Å². The van der Waals surface area contributed by atoms with E-state index < -0.39 is 5.97 Å². The van der Waals surface area contributed by atoms with Gasteiger partial charge in [0.2, 0.25) is 6.54 Å². The number of hydrogen-bond donors (Lipinski definition) is 0. The molecule has 3 heteroatoms. The molecule has 3 nitrogen and oxygen atoms in total. The molecule has 62 valence electrons. The summed E-state index contributed by atoms with van der Waals surface area (Å²) in [7, 11) is 0. The second-order valence-electron chi connectivity index (χ2n) is 2.60. The molecule has 11 heavy (non-hydrogen) atoms. The van der Waals surface area contributed by atoms with Gasteiger partial charge in [-0.1, -0.05) is 6.92 Å². The van der Waals surface area contributed by atoms with E-state index >= 15 is 0 Å². The molecule has 0 amide bonds. The Morgan fingerprint density at radius 1 is 1.64 bits per heavy atom. The van der Waals surface area contributed by atoms with Crippen molar-refractivity contribution in [3.63, 3.8) is 0 Å². The number of unbranched alkanes of at least 4 members (excludes halogenated alkanes) is 1. The van der Waals surface area contributed by atoms with E-state index in [0.717, 1.165) is 12.8 Å². The van der Waals surface area contributed by atoms with Crippen LogP contribution in [-0.4, -0.2) is 12.5 Å². The van der Waals surface area contributed by atoms with Gasteiger partial charge in [-0.15, -0.1) is 0 Å². The molecule has 0 saturated carbocycles. The highest BCUT2D eigenvalue weighted by Gasteiger charge is 2.01. The average molecular weight is 154 g/mol. The molecule has 0 fully saturated rings. The van der Waals surface area contributed by atoms with Crippen LogP contribution in [0.5, 0.6) is 0 Å². The number of nitrogens with zero attached hydrogens (tertiary/aromatic N) is 1. The van der Waals surface area contributed by atoms with E-state index in [1.165, 1.54) is 0 Å². The van der Waals surface area contributed by atoms with Crippen LogP contribution in [0, 0.1) is 12.5 Å². The van der Waals surface area contributed by atoms with Crippen molar-refractivity contribution >= 4 is 5.97 Å². The van der Waals surface area contributed by atoms with Crippen molar-refractivity contribution in [2.24, 2.45) is 5.92 Å². The number of carboxylic acid groups (broad SMARTS) is 1. The average Bonchev–Trinajstić information content (AvgIpc) is 1.97. The zero-order chi connectivity index (χ0) is 8.69. The molecule has 0 N–H and O–H groups in total. The third kappa shape index (κ3) is 5.41. The van der Waals surface area contributed by atoms with Gasteiger partial charge in [-0.25, -0.2) is 6.57 Å². The summed E-state index contributed by atoms with van der Waals surface area (Å²) >= 11 is 0. The summed E-state index contributed by atoms with van der Waals surface area (Å²) in [5, 5.41) is 10.2. The van der Waals surface area contributed by atoms with Crippen molar-refractivity contribution in [2.75, 3.05) is 6.54 Å². The second-order valence-corrected chi connectivity index (χ2v) is 2.60. The van der Waals surface area contributed by atoms with Crippen LogP contribution in [0.3, 0.4) is 0 Å². The summed E-state index contributed by atoms with van der Waals surface area (Å²) < 4.78 is 0. The van der Waals surface area contributed by atoms with Gasteiger partial charge in [0.25, 0.3) is 0 Å². The van der Waals surface area contributed by atoms with E-state index in [1.54, 1.807) is 6.92 Å². The Labute approximate surface area is 66.9 Å². The summed E-state index contributed by atoms with van der Waals surface area (Å²) in [5.41, 5.74) is 0. The first-order chi connectivity index (χ1) is 5.18. The number of aliphatic carboxylic acids is 1. The summed E-state index contributed by atoms with van der Waals surface area (Å²) in [4.78, 5) is 13.4. The Kier molecular flexibility index (Phi) is 5.18. The molecular weight excluding hydrogens is 142 g/mol. The summed E-state index contributed by atoms with van der Waals surface area (Å²) in [6, 6.07) is 0. The molecule has 1 unspecified atom stereocenters. The molecular formula is C8H12NO2-. The van der Waals surface area contributed by atoms with Gasteiger partial charge in [0, 0.05) is 12.4 Å². The largest absolute Gasteiger partial charge is 0.550 e. The van der Waals surface area contributed by atoms with Crippen molar-refractivity contribution in [3.8, 4) is 0 Å². The molecule has 0 saturated heterocycles. The molecule has 0 aliphatic carbocycles. The predicted octanol–water partition coefficient (Wildman–Crippen LogP) is 0.462. The summed E-state index contributed by atoms with van der Waals surface area (Å²) in [6.45, 7) is 8.60. The van der Waals surface area contributed by atoms with Crippen molar-refractivity contribution < 1.29 is 9.90 Å². The van der Waals surface area contributed by atoms with Gasteiger partial charge in [-0.2, -0.15) is 0 Å². The molecule has 0 radical (unpaired) electrons. The Morgan fingerprint density at radius 2 is 2.27 bits per heavy atom. The zero-order valence-electron chi connectivity index (χ0n) is 6.67. The molecule has 0 rings (SSSR count). The van der Waals surface area contributed by atoms with Crippen LogP contribution in [0.25, 0.3) is 4.85 Å². The Hall–Kier alpha value is -1.04. The molecule has 0 aliphatic heterocycles. The number of carbonyl (C=O) groups excluding carboxylic acids is 1. The van der Waals surface area contributed by atoms with Gasteiger partial charge in [0.15, 0.2) is 0 Å². The minimum Gasteiger partial charge on any atom is -0.550 e. The predicted molar refractivity (Wildman–Crippen MR) is 39.5 cm³/mol. The minimum absolute atomic E-state index is 0.374. The van der Waals surface area contributed by atoms with Crippen LogP contribution in [0.1, 0.15) is 26.2 Å². The first kappa shape index (κ1) is 9.96. The monoisotopic (exact) mass is 154 g/mol. The summed E-state index contributed by atoms with van der Waals surface area (Å²) in [5.74, 6) is -1.37. The smallest absolute Gasteiger partial charge is 0.214 e. The lowest BCUT2D eigenvalue weighted by Gasteiger charge is -2.10. The SMILES string of the molecule is [C-]#[N+]CCCCC(C)C(=O)[O-]. The Bertz CT molecular complexity index is 160. The Morgan fingerprint density at radius 3 is 2.73 bits per heavy atom. The minimum atomic E-state index is -0.993. The fourth-order valence-electron chi connectivity index (χ4n) is 0.759. The van der Waals surface area contributed by atoms with Crippen LogP contribution in [0.15, 0.2) is 0 Å². The first-order valence-electron chi connectivity index (χ1n) is 3.72. The third-order valence-corrected chi connectivity index (χ3v) is 1.56. The molecule has 0 aromatic heterocycles. The lowest BCUT2D eigenvalue weighted by Crippen LogP contribution is -2.29. The highest BCUT2D eigenvalue weighted by molar-refractivity contribution is 5.66. The fraction of sp³-hybridized carbons (Fsp3) is 0.750. The van der Waals surface area contributed by atoms with E-state index in [1.807, 2.05) is 0 Å². The van der Waals surface area contributed by atoms with Gasteiger partial charge >= 0.3 is 0 Å². The molecule has 0 bridgehead atoms. The fourth-order valence-corrected chi connectivity index (χ4v) is 0.759. The standard InChI is InChI=1S/C8H13NO2/c1-7(8(10)11)5-3-4-6-9-2/h7H,3-6H2,1H3,(H,10,11)/p-1. The number of carbonyl (C=O) groups is 1. The van der Waals surface area contributed by atoms with E-state index in [2.05, 4.69) is 4.85 Å². The maximum atomic E-state index is 10.2. The van der Waals surface area contributed by atoms with Gasteiger partial charge in [0.1, 0.15) is 0 Å². The van der Waals surface area contributed by atoms with Crippen molar-refractivity contribution in [2.45, 2.75) is 26.2 Å². The zero-order valence-corrected chi connectivity index (χ0v) is 6.67. The molecule has 1 atom stereocenters. The molecule has 0 heterocycles. The molecule has 0 aromatic carbocycles. The van der Waals surface area contributed by atoms with Crippen molar-refractivity contribution in [1.82, 2.24) is 0 Å². The molecule has 0 aliphatic rings. The second kappa shape index (κ2) is 5.72. The third-order valence-electron chi connectivity index (χ3n) is 1.56. The maximum absolute atomic E-state index is 10.2. The van der Waals surface area contributed by atoms with Crippen molar-refractivity contribution in [1.29, 1.82) is 0 Å². The molecule has 0 aromatic rings. The normalized spacial score (nSPS) is 12.0.